The first-order chi connectivity index (χ1) is 12.0. The zero-order valence-corrected chi connectivity index (χ0v) is 19.3. The van der Waals surface area contributed by atoms with Gasteiger partial charge in [0.1, 0.15) is 0 Å². The van der Waals surface area contributed by atoms with E-state index in [1.165, 1.54) is 17.7 Å². The molecular weight excluding hydrogens is 483 g/mol. The van der Waals surface area contributed by atoms with Gasteiger partial charge in [0.25, 0.3) is 0 Å². The molecule has 0 aliphatic heterocycles. The highest BCUT2D eigenvalue weighted by Gasteiger charge is 2.43. The van der Waals surface area contributed by atoms with E-state index in [1.807, 2.05) is 17.8 Å². The second-order valence-corrected chi connectivity index (χ2v) is 9.74. The Balaban J connectivity index is 0.00000338. The first kappa shape index (κ1) is 23.5. The maximum absolute atomic E-state index is 11.4. The second-order valence-electron chi connectivity index (χ2n) is 6.10. The number of benzene rings is 1. The SMILES string of the molecule is CCS(=O)(=O)NCCCNC(=NC)NCC1(Sc2ccccc2)CC1.I. The van der Waals surface area contributed by atoms with E-state index < -0.39 is 10.0 Å². The Labute approximate surface area is 178 Å². The van der Waals surface area contributed by atoms with E-state index in [0.717, 1.165) is 12.5 Å². The number of guanidine groups is 1. The highest BCUT2D eigenvalue weighted by atomic mass is 127. The third kappa shape index (κ3) is 8.45. The standard InChI is InChI=1S/C17H28N4O2S2.HI/c1-3-25(22,23)21-13-7-12-19-16(18-2)20-14-17(10-11-17)24-15-8-5-4-6-9-15;/h4-6,8-9,21H,3,7,10-14H2,1-2H3,(H2,18,19,20);1H. The van der Waals surface area contributed by atoms with Crippen molar-refractivity contribution in [3.8, 4) is 0 Å². The lowest BCUT2D eigenvalue weighted by atomic mass is 10.4. The van der Waals surface area contributed by atoms with Gasteiger partial charge in [0.2, 0.25) is 10.0 Å². The lowest BCUT2D eigenvalue weighted by Crippen LogP contribution is -2.42. The van der Waals surface area contributed by atoms with Crippen LogP contribution in [0.4, 0.5) is 0 Å². The van der Waals surface area contributed by atoms with Crippen LogP contribution in [-0.4, -0.2) is 51.6 Å². The number of thioether (sulfide) groups is 1. The maximum Gasteiger partial charge on any atom is 0.211 e. The van der Waals surface area contributed by atoms with Crippen LogP contribution in [0.15, 0.2) is 40.2 Å². The zero-order valence-electron chi connectivity index (χ0n) is 15.3. The van der Waals surface area contributed by atoms with Crippen molar-refractivity contribution in [3.05, 3.63) is 30.3 Å². The molecule has 6 nitrogen and oxygen atoms in total. The van der Waals surface area contributed by atoms with Gasteiger partial charge >= 0.3 is 0 Å². The minimum Gasteiger partial charge on any atom is -0.356 e. The predicted octanol–water partition coefficient (Wildman–Crippen LogP) is 2.42. The van der Waals surface area contributed by atoms with Crippen LogP contribution in [0, 0.1) is 0 Å². The largest absolute Gasteiger partial charge is 0.356 e. The Bertz CT molecular complexity index is 665. The van der Waals surface area contributed by atoms with Gasteiger partial charge in [-0.25, -0.2) is 13.1 Å². The van der Waals surface area contributed by atoms with Crippen LogP contribution in [0.3, 0.4) is 0 Å². The van der Waals surface area contributed by atoms with Crippen LogP contribution in [-0.2, 0) is 10.0 Å². The van der Waals surface area contributed by atoms with Crippen LogP contribution >= 0.6 is 35.7 Å². The van der Waals surface area contributed by atoms with Crippen molar-refractivity contribution < 1.29 is 8.42 Å². The third-order valence-electron chi connectivity index (χ3n) is 4.03. The van der Waals surface area contributed by atoms with Crippen molar-refractivity contribution in [2.24, 2.45) is 4.99 Å². The first-order valence-electron chi connectivity index (χ1n) is 8.64. The molecule has 2 rings (SSSR count). The Morgan fingerprint density at radius 1 is 1.19 bits per heavy atom. The molecule has 0 unspecified atom stereocenters. The molecule has 0 atom stereocenters. The van der Waals surface area contributed by atoms with E-state index >= 15 is 0 Å². The number of aliphatic imine (C=N–C) groups is 1. The predicted molar refractivity (Wildman–Crippen MR) is 121 cm³/mol. The molecule has 1 aromatic rings. The summed E-state index contributed by atoms with van der Waals surface area (Å²) in [6.07, 6.45) is 3.12. The number of sulfonamides is 1. The molecule has 9 heteroatoms. The van der Waals surface area contributed by atoms with E-state index in [4.69, 9.17) is 0 Å². The fraction of sp³-hybridized carbons (Fsp3) is 0.588. The van der Waals surface area contributed by atoms with Crippen molar-refractivity contribution >= 4 is 51.7 Å². The van der Waals surface area contributed by atoms with Gasteiger partial charge < -0.3 is 10.6 Å². The minimum absolute atomic E-state index is 0. The summed E-state index contributed by atoms with van der Waals surface area (Å²) >= 11 is 1.92. The maximum atomic E-state index is 11.4. The van der Waals surface area contributed by atoms with Gasteiger partial charge in [-0.05, 0) is 38.3 Å². The van der Waals surface area contributed by atoms with Crippen LogP contribution in [0.5, 0.6) is 0 Å². The fourth-order valence-electron chi connectivity index (χ4n) is 2.28. The summed E-state index contributed by atoms with van der Waals surface area (Å²) in [5, 5.41) is 6.62. The Kier molecular flexibility index (Phi) is 10.3. The van der Waals surface area contributed by atoms with Gasteiger partial charge in [-0.15, -0.1) is 35.7 Å². The van der Waals surface area contributed by atoms with Crippen LogP contribution in [0.2, 0.25) is 0 Å². The van der Waals surface area contributed by atoms with Crippen LogP contribution < -0.4 is 15.4 Å². The van der Waals surface area contributed by atoms with Gasteiger partial charge in [-0.2, -0.15) is 0 Å². The lowest BCUT2D eigenvalue weighted by molar-refractivity contribution is 0.579. The molecule has 0 bridgehead atoms. The molecule has 0 aromatic heterocycles. The molecule has 1 saturated carbocycles. The molecule has 148 valence electrons. The third-order valence-corrected chi connectivity index (χ3v) is 6.93. The molecule has 1 fully saturated rings. The molecule has 1 aliphatic carbocycles. The monoisotopic (exact) mass is 512 g/mol. The number of halogens is 1. The van der Waals surface area contributed by atoms with Gasteiger partial charge in [-0.1, -0.05) is 18.2 Å². The summed E-state index contributed by atoms with van der Waals surface area (Å²) in [4.78, 5) is 5.53. The summed E-state index contributed by atoms with van der Waals surface area (Å²) < 4.78 is 25.5. The van der Waals surface area contributed by atoms with Gasteiger partial charge in [0, 0.05) is 36.3 Å². The summed E-state index contributed by atoms with van der Waals surface area (Å²) in [5.41, 5.74) is 0. The number of nitrogens with zero attached hydrogens (tertiary/aromatic N) is 1. The van der Waals surface area contributed by atoms with Gasteiger partial charge in [-0.3, -0.25) is 4.99 Å². The number of rotatable bonds is 10. The first-order valence-corrected chi connectivity index (χ1v) is 11.1. The number of hydrogen-bond acceptors (Lipinski definition) is 4. The highest BCUT2D eigenvalue weighted by molar-refractivity contribution is 14.0. The minimum atomic E-state index is -3.10. The number of nitrogens with one attached hydrogen (secondary N) is 3. The molecule has 0 amide bonds. The molecule has 3 N–H and O–H groups in total. The molecule has 1 aromatic carbocycles. The molecule has 0 spiro atoms. The van der Waals surface area contributed by atoms with Crippen LogP contribution in [0.1, 0.15) is 26.2 Å². The quantitative estimate of drug-likeness (QED) is 0.194. The van der Waals surface area contributed by atoms with E-state index in [2.05, 4.69) is 44.6 Å². The highest BCUT2D eigenvalue weighted by Crippen LogP contribution is 2.51. The van der Waals surface area contributed by atoms with Crippen molar-refractivity contribution in [1.29, 1.82) is 0 Å². The fourth-order valence-corrected chi connectivity index (χ4v) is 4.19. The Hall–Kier alpha value is -0.520. The Morgan fingerprint density at radius 2 is 1.88 bits per heavy atom. The van der Waals surface area contributed by atoms with Crippen molar-refractivity contribution in [2.75, 3.05) is 32.4 Å². The average Bonchev–Trinajstić information content (AvgIpc) is 3.38. The summed E-state index contributed by atoms with van der Waals surface area (Å²) in [5.74, 6) is 0.878. The molecule has 1 aliphatic rings. The second kappa shape index (κ2) is 11.4. The topological polar surface area (TPSA) is 82.6 Å². The molecule has 0 radical (unpaired) electrons. The average molecular weight is 512 g/mol. The van der Waals surface area contributed by atoms with Gasteiger partial charge in [0.15, 0.2) is 5.96 Å². The van der Waals surface area contributed by atoms with E-state index in [1.54, 1.807) is 14.0 Å². The van der Waals surface area contributed by atoms with Crippen LogP contribution in [0.25, 0.3) is 0 Å². The molecular formula is C17H29IN4O2S2. The van der Waals surface area contributed by atoms with Gasteiger partial charge in [0.05, 0.1) is 5.75 Å². The van der Waals surface area contributed by atoms with E-state index in [0.29, 0.717) is 19.5 Å². The summed E-state index contributed by atoms with van der Waals surface area (Å²) in [6, 6.07) is 10.5. The van der Waals surface area contributed by atoms with Crippen molar-refractivity contribution in [3.63, 3.8) is 0 Å². The summed E-state index contributed by atoms with van der Waals surface area (Å²) in [6.45, 7) is 3.61. The molecule has 0 heterocycles. The normalized spacial score (nSPS) is 15.8. The van der Waals surface area contributed by atoms with E-state index in [-0.39, 0.29) is 34.5 Å². The smallest absolute Gasteiger partial charge is 0.211 e. The van der Waals surface area contributed by atoms with Crippen molar-refractivity contribution in [1.82, 2.24) is 15.4 Å². The zero-order chi connectivity index (χ0) is 18.2. The van der Waals surface area contributed by atoms with Crippen molar-refractivity contribution in [2.45, 2.75) is 35.8 Å². The summed E-state index contributed by atoms with van der Waals surface area (Å²) in [7, 11) is -1.35. The number of hydrogen-bond donors (Lipinski definition) is 3. The Morgan fingerprint density at radius 3 is 2.46 bits per heavy atom. The molecule has 0 saturated heterocycles. The molecule has 26 heavy (non-hydrogen) atoms. The van der Waals surface area contributed by atoms with E-state index in [9.17, 15) is 8.42 Å². The lowest BCUT2D eigenvalue weighted by Gasteiger charge is -2.18.